The van der Waals surface area contributed by atoms with Gasteiger partial charge < -0.3 is 9.47 Å². The Hall–Kier alpha value is -1.32. The summed E-state index contributed by atoms with van der Waals surface area (Å²) in [6.07, 6.45) is 9.74. The Morgan fingerprint density at radius 1 is 1.00 bits per heavy atom. The van der Waals surface area contributed by atoms with E-state index in [2.05, 4.69) is 13.8 Å². The van der Waals surface area contributed by atoms with Crippen LogP contribution in [0.25, 0.3) is 0 Å². The van der Waals surface area contributed by atoms with Gasteiger partial charge in [-0.1, -0.05) is 59.5 Å². The lowest BCUT2D eigenvalue weighted by atomic mass is 9.83. The van der Waals surface area contributed by atoms with Gasteiger partial charge in [-0.25, -0.2) is 4.79 Å². The van der Waals surface area contributed by atoms with Crippen LogP contribution in [0.5, 0.6) is 0 Å². The molecule has 0 aromatic heterocycles. The van der Waals surface area contributed by atoms with Gasteiger partial charge in [-0.15, -0.1) is 0 Å². The third kappa shape index (κ3) is 7.62. The number of unbranched alkanes of at least 4 members (excludes halogenated alkanes) is 2. The van der Waals surface area contributed by atoms with Gasteiger partial charge in [-0.2, -0.15) is 0 Å². The summed E-state index contributed by atoms with van der Waals surface area (Å²) in [5.41, 5.74) is 0.513. The molecule has 4 nitrogen and oxygen atoms in total. The van der Waals surface area contributed by atoms with Crippen LogP contribution in [0, 0.1) is 17.8 Å². The predicted octanol–water partition coefficient (Wildman–Crippen LogP) is 5.06. The molecule has 0 amide bonds. The van der Waals surface area contributed by atoms with Crippen molar-refractivity contribution in [2.45, 2.75) is 79.1 Å². The Morgan fingerprint density at radius 3 is 2.08 bits per heavy atom. The van der Waals surface area contributed by atoms with Crippen molar-refractivity contribution in [2.75, 3.05) is 13.2 Å². The lowest BCUT2D eigenvalue weighted by Crippen LogP contribution is -2.31. The minimum atomic E-state index is -0.476. The number of rotatable bonds is 11. The zero-order chi connectivity index (χ0) is 18.7. The summed E-state index contributed by atoms with van der Waals surface area (Å²) in [5.74, 6) is -0.694. The second kappa shape index (κ2) is 12.1. The predicted molar refractivity (Wildman–Crippen MR) is 100 cm³/mol. The lowest BCUT2D eigenvalue weighted by molar-refractivity contribution is -0.152. The number of allylic oxidation sites excluding steroid dienone is 1. The zero-order valence-corrected chi connectivity index (χ0v) is 16.5. The number of hydrogen-bond donors (Lipinski definition) is 0. The van der Waals surface area contributed by atoms with Crippen molar-refractivity contribution >= 4 is 11.9 Å². The van der Waals surface area contributed by atoms with E-state index in [4.69, 9.17) is 9.47 Å². The Kier molecular flexibility index (Phi) is 10.5. The Morgan fingerprint density at radius 2 is 1.56 bits per heavy atom. The highest BCUT2D eigenvalue weighted by molar-refractivity contribution is 5.95. The summed E-state index contributed by atoms with van der Waals surface area (Å²) in [4.78, 5) is 25.5. The topological polar surface area (TPSA) is 52.6 Å². The molecule has 25 heavy (non-hydrogen) atoms. The fourth-order valence-corrected chi connectivity index (χ4v) is 3.32. The van der Waals surface area contributed by atoms with Gasteiger partial charge in [0.15, 0.2) is 0 Å². The van der Waals surface area contributed by atoms with Gasteiger partial charge in [-0.3, -0.25) is 4.79 Å². The first kappa shape index (κ1) is 21.7. The maximum Gasteiger partial charge on any atom is 0.334 e. The molecule has 1 aliphatic rings. The van der Waals surface area contributed by atoms with Crippen LogP contribution in [0.4, 0.5) is 0 Å². The van der Waals surface area contributed by atoms with Crippen molar-refractivity contribution in [1.82, 2.24) is 0 Å². The van der Waals surface area contributed by atoms with Crippen molar-refractivity contribution in [2.24, 2.45) is 17.8 Å². The molecule has 0 aromatic rings. The van der Waals surface area contributed by atoms with Crippen LogP contribution in [0.1, 0.15) is 79.1 Å². The molecule has 0 spiro atoms. The van der Waals surface area contributed by atoms with Gasteiger partial charge in [0.25, 0.3) is 0 Å². The number of carbonyl (C=O) groups is 2. The van der Waals surface area contributed by atoms with Crippen LogP contribution in [0.2, 0.25) is 0 Å². The molecule has 1 saturated carbocycles. The summed E-state index contributed by atoms with van der Waals surface area (Å²) in [6.45, 7) is 9.01. The summed E-state index contributed by atoms with van der Waals surface area (Å²) in [6, 6.07) is 0. The van der Waals surface area contributed by atoms with Crippen molar-refractivity contribution < 1.29 is 19.1 Å². The van der Waals surface area contributed by atoms with E-state index in [1.54, 1.807) is 0 Å². The van der Waals surface area contributed by atoms with Crippen molar-refractivity contribution in [3.05, 3.63) is 11.6 Å². The second-order valence-electron chi connectivity index (χ2n) is 7.40. The van der Waals surface area contributed by atoms with E-state index >= 15 is 0 Å². The highest BCUT2D eigenvalue weighted by Gasteiger charge is 2.38. The molecule has 0 aromatic carbocycles. The van der Waals surface area contributed by atoms with E-state index in [1.165, 1.54) is 0 Å². The average molecular weight is 353 g/mol. The molecule has 4 heteroatoms. The quantitative estimate of drug-likeness (QED) is 0.296. The van der Waals surface area contributed by atoms with Crippen molar-refractivity contribution in [3.8, 4) is 0 Å². The molecule has 1 unspecified atom stereocenters. The molecule has 0 bridgehead atoms. The van der Waals surface area contributed by atoms with Crippen molar-refractivity contribution in [3.63, 3.8) is 0 Å². The standard InChI is InChI=1S/C21H36O4/c1-5-7-13-24-20(22)18(15-16(3)4)19(17-11-9-10-12-17)21(23)25-14-8-6-2/h15-17,19H,5-14H2,1-4H3. The fraction of sp³-hybridized carbons (Fsp3) is 0.810. The molecule has 0 heterocycles. The first-order chi connectivity index (χ1) is 12.0. The first-order valence-electron chi connectivity index (χ1n) is 10.1. The smallest absolute Gasteiger partial charge is 0.334 e. The summed E-state index contributed by atoms with van der Waals surface area (Å²) >= 11 is 0. The third-order valence-corrected chi connectivity index (χ3v) is 4.68. The SMILES string of the molecule is CCCCOC(=O)C(=CC(C)C)C(C(=O)OCCCC)C1CCCC1. The maximum absolute atomic E-state index is 12.8. The highest BCUT2D eigenvalue weighted by atomic mass is 16.5. The van der Waals surface area contributed by atoms with Crippen LogP contribution in [0.15, 0.2) is 11.6 Å². The van der Waals surface area contributed by atoms with E-state index in [0.29, 0.717) is 18.8 Å². The summed E-state index contributed by atoms with van der Waals surface area (Å²) in [5, 5.41) is 0. The van der Waals surface area contributed by atoms with E-state index in [9.17, 15) is 9.59 Å². The van der Waals surface area contributed by atoms with Crippen LogP contribution in [-0.4, -0.2) is 25.2 Å². The maximum atomic E-state index is 12.8. The van der Waals surface area contributed by atoms with Gasteiger partial charge in [0.05, 0.1) is 19.1 Å². The average Bonchev–Trinajstić information content (AvgIpc) is 3.08. The monoisotopic (exact) mass is 352 g/mol. The van der Waals surface area contributed by atoms with E-state index in [-0.39, 0.29) is 23.8 Å². The minimum Gasteiger partial charge on any atom is -0.465 e. The number of carbonyl (C=O) groups excluding carboxylic acids is 2. The molecular weight excluding hydrogens is 316 g/mol. The number of esters is 2. The summed E-state index contributed by atoms with van der Waals surface area (Å²) < 4.78 is 11.0. The molecule has 0 radical (unpaired) electrons. The number of hydrogen-bond acceptors (Lipinski definition) is 4. The van der Waals surface area contributed by atoms with Gasteiger partial charge in [0.2, 0.25) is 0 Å². The minimum absolute atomic E-state index is 0.182. The molecule has 144 valence electrons. The third-order valence-electron chi connectivity index (χ3n) is 4.68. The van der Waals surface area contributed by atoms with Gasteiger partial charge in [0.1, 0.15) is 0 Å². The lowest BCUT2D eigenvalue weighted by Gasteiger charge is -2.24. The van der Waals surface area contributed by atoms with Crippen molar-refractivity contribution in [1.29, 1.82) is 0 Å². The molecule has 0 N–H and O–H groups in total. The molecule has 1 rings (SSSR count). The Balaban J connectivity index is 2.97. The molecular formula is C21H36O4. The Bertz CT molecular complexity index is 433. The fourth-order valence-electron chi connectivity index (χ4n) is 3.32. The molecule has 0 aliphatic heterocycles. The van der Waals surface area contributed by atoms with E-state index in [0.717, 1.165) is 51.4 Å². The molecule has 1 aliphatic carbocycles. The first-order valence-corrected chi connectivity index (χ1v) is 10.1. The molecule has 0 saturated heterocycles. The van der Waals surface area contributed by atoms with Crippen LogP contribution >= 0.6 is 0 Å². The van der Waals surface area contributed by atoms with Gasteiger partial charge in [-0.05, 0) is 37.5 Å². The molecule has 1 fully saturated rings. The summed E-state index contributed by atoms with van der Waals surface area (Å²) in [7, 11) is 0. The zero-order valence-electron chi connectivity index (χ0n) is 16.5. The van der Waals surface area contributed by atoms with Crippen LogP contribution < -0.4 is 0 Å². The van der Waals surface area contributed by atoms with Gasteiger partial charge >= 0.3 is 11.9 Å². The highest BCUT2D eigenvalue weighted by Crippen LogP contribution is 2.37. The molecule has 1 atom stereocenters. The van der Waals surface area contributed by atoms with Gasteiger partial charge in [0, 0.05) is 5.57 Å². The second-order valence-corrected chi connectivity index (χ2v) is 7.40. The normalized spacial score (nSPS) is 16.9. The van der Waals surface area contributed by atoms with E-state index < -0.39 is 5.92 Å². The van der Waals surface area contributed by atoms with Crippen LogP contribution in [-0.2, 0) is 19.1 Å². The number of ether oxygens (including phenoxy) is 2. The van der Waals surface area contributed by atoms with Crippen LogP contribution in [0.3, 0.4) is 0 Å². The largest absolute Gasteiger partial charge is 0.465 e. The Labute approximate surface area is 153 Å². The van der Waals surface area contributed by atoms with E-state index in [1.807, 2.05) is 19.9 Å².